The van der Waals surface area contributed by atoms with Crippen molar-refractivity contribution >= 4 is 11.9 Å². The second-order valence-electron chi connectivity index (χ2n) is 6.56. The van der Waals surface area contributed by atoms with Crippen LogP contribution >= 0.6 is 0 Å². The van der Waals surface area contributed by atoms with E-state index >= 15 is 0 Å². The fourth-order valence-corrected chi connectivity index (χ4v) is 3.36. The molecule has 130 valence electrons. The number of fused-ring (bicyclic) bond motifs is 2. The van der Waals surface area contributed by atoms with Gasteiger partial charge in [0.15, 0.2) is 0 Å². The van der Waals surface area contributed by atoms with E-state index in [1.54, 1.807) is 27.9 Å². The van der Waals surface area contributed by atoms with E-state index in [1.807, 2.05) is 0 Å². The molecular formula is C17H28N2O4. The molecule has 1 saturated carbocycles. The van der Waals surface area contributed by atoms with E-state index < -0.39 is 0 Å². The Labute approximate surface area is 138 Å². The molecule has 6 atom stereocenters. The van der Waals surface area contributed by atoms with Crippen molar-refractivity contribution in [2.45, 2.75) is 32.4 Å². The van der Waals surface area contributed by atoms with Crippen molar-refractivity contribution in [3.05, 3.63) is 12.2 Å². The second kappa shape index (κ2) is 7.93. The van der Waals surface area contributed by atoms with Gasteiger partial charge in [-0.15, -0.1) is 0 Å². The summed E-state index contributed by atoms with van der Waals surface area (Å²) in [5, 5.41) is 5.76. The number of hydrogen-bond donors (Lipinski definition) is 2. The van der Waals surface area contributed by atoms with Crippen molar-refractivity contribution in [3.63, 3.8) is 0 Å². The summed E-state index contributed by atoms with van der Waals surface area (Å²) in [5.74, 6) is 0.829. The third-order valence-electron chi connectivity index (χ3n) is 5.21. The van der Waals surface area contributed by atoms with Crippen molar-refractivity contribution in [3.8, 4) is 0 Å². The first-order valence-corrected chi connectivity index (χ1v) is 8.34. The molecule has 2 aliphatic rings. The van der Waals surface area contributed by atoms with Gasteiger partial charge in [-0.25, -0.2) is 0 Å². The Bertz CT molecular complexity index is 426. The second-order valence-corrected chi connectivity index (χ2v) is 6.56. The molecule has 2 rings (SSSR count). The normalized spacial score (nSPS) is 31.0. The molecule has 0 heterocycles. The van der Waals surface area contributed by atoms with Crippen molar-refractivity contribution in [1.82, 2.24) is 10.6 Å². The molecule has 0 aromatic rings. The van der Waals surface area contributed by atoms with Crippen LogP contribution < -0.4 is 10.6 Å². The van der Waals surface area contributed by atoms with Gasteiger partial charge in [0.05, 0.1) is 13.2 Å². The molecule has 0 unspecified atom stereocenters. The number of likely N-dealkylation sites (N-methyl/N-ethyl adjacent to an activating group) is 2. The Balaban J connectivity index is 1.88. The summed E-state index contributed by atoms with van der Waals surface area (Å²) >= 11 is 0. The topological polar surface area (TPSA) is 76.7 Å². The van der Waals surface area contributed by atoms with Gasteiger partial charge < -0.3 is 20.1 Å². The molecule has 2 aliphatic carbocycles. The van der Waals surface area contributed by atoms with Crippen LogP contribution in [0.15, 0.2) is 12.2 Å². The lowest BCUT2D eigenvalue weighted by Gasteiger charge is -2.28. The third-order valence-corrected chi connectivity index (χ3v) is 5.21. The molecule has 0 saturated heterocycles. The Morgan fingerprint density at radius 3 is 1.70 bits per heavy atom. The van der Waals surface area contributed by atoms with Crippen molar-refractivity contribution in [2.75, 3.05) is 27.3 Å². The molecule has 0 aliphatic heterocycles. The van der Waals surface area contributed by atoms with E-state index in [9.17, 15) is 9.59 Å². The molecule has 0 aromatic heterocycles. The van der Waals surface area contributed by atoms with Gasteiger partial charge in [-0.3, -0.25) is 9.59 Å². The van der Waals surface area contributed by atoms with Gasteiger partial charge in [-0.05, 0) is 46.2 Å². The van der Waals surface area contributed by atoms with Gasteiger partial charge in [-0.2, -0.15) is 0 Å². The summed E-state index contributed by atoms with van der Waals surface area (Å²) in [6.07, 6.45) is 5.48. The molecule has 2 N–H and O–H groups in total. The van der Waals surface area contributed by atoms with Crippen LogP contribution in [0.4, 0.5) is 0 Å². The highest BCUT2D eigenvalue weighted by Crippen LogP contribution is 2.48. The lowest BCUT2D eigenvalue weighted by molar-refractivity contribution is -0.151. The Kier molecular flexibility index (Phi) is 6.18. The molecule has 0 amide bonds. The third kappa shape index (κ3) is 4.12. The number of carbonyl (C=O) groups excluding carboxylic acids is 2. The zero-order valence-electron chi connectivity index (χ0n) is 14.4. The van der Waals surface area contributed by atoms with Crippen LogP contribution in [0.5, 0.6) is 0 Å². The summed E-state index contributed by atoms with van der Waals surface area (Å²) in [4.78, 5) is 23.7. The first-order chi connectivity index (χ1) is 11.0. The number of nitrogens with one attached hydrogen (secondary N) is 2. The van der Waals surface area contributed by atoms with Gasteiger partial charge in [0, 0.05) is 11.8 Å². The highest BCUT2D eigenvalue weighted by molar-refractivity contribution is 5.75. The van der Waals surface area contributed by atoms with E-state index in [1.165, 1.54) is 0 Å². The predicted molar refractivity (Wildman–Crippen MR) is 86.7 cm³/mol. The summed E-state index contributed by atoms with van der Waals surface area (Å²) in [7, 11) is 3.47. The summed E-state index contributed by atoms with van der Waals surface area (Å²) in [5.41, 5.74) is 0. The highest BCUT2D eigenvalue weighted by Gasteiger charge is 2.45. The summed E-state index contributed by atoms with van der Waals surface area (Å²) in [6.45, 7) is 4.34. The lowest BCUT2D eigenvalue weighted by Crippen LogP contribution is -2.37. The van der Waals surface area contributed by atoms with E-state index in [0.717, 1.165) is 6.42 Å². The molecule has 1 fully saturated rings. The number of allylic oxidation sites excluding steroid dienone is 2. The average Bonchev–Trinajstić information content (AvgIpc) is 3.17. The van der Waals surface area contributed by atoms with E-state index in [0.29, 0.717) is 25.0 Å². The SMILES string of the molecule is CN[C@@H](C)C(=O)OC[C@@H]1[C@H](COC(=O)[C@H](C)NC)[C@H]2C=C[C@@H]1C2. The van der Waals surface area contributed by atoms with Crippen LogP contribution in [0.1, 0.15) is 20.3 Å². The summed E-state index contributed by atoms with van der Waals surface area (Å²) in [6, 6.07) is -0.617. The van der Waals surface area contributed by atoms with Gasteiger partial charge in [0.2, 0.25) is 0 Å². The minimum absolute atomic E-state index is 0.232. The Hall–Kier alpha value is -1.40. The van der Waals surface area contributed by atoms with Crippen LogP contribution in [0.3, 0.4) is 0 Å². The van der Waals surface area contributed by atoms with Crippen LogP contribution in [0, 0.1) is 23.7 Å². The van der Waals surface area contributed by atoms with Gasteiger partial charge in [-0.1, -0.05) is 12.2 Å². The van der Waals surface area contributed by atoms with Crippen LogP contribution in [-0.4, -0.2) is 51.3 Å². The zero-order valence-corrected chi connectivity index (χ0v) is 14.4. The fraction of sp³-hybridized carbons (Fsp3) is 0.765. The number of hydrogen-bond acceptors (Lipinski definition) is 6. The van der Waals surface area contributed by atoms with Crippen molar-refractivity contribution in [2.24, 2.45) is 23.7 Å². The van der Waals surface area contributed by atoms with Crippen LogP contribution in [0.2, 0.25) is 0 Å². The van der Waals surface area contributed by atoms with Crippen molar-refractivity contribution < 1.29 is 19.1 Å². The van der Waals surface area contributed by atoms with Gasteiger partial charge in [0.1, 0.15) is 12.1 Å². The Morgan fingerprint density at radius 1 is 0.957 bits per heavy atom. The zero-order chi connectivity index (χ0) is 17.0. The predicted octanol–water partition coefficient (Wildman–Crippen LogP) is 0.727. The van der Waals surface area contributed by atoms with Crippen LogP contribution in [0.25, 0.3) is 0 Å². The molecular weight excluding hydrogens is 296 g/mol. The molecule has 23 heavy (non-hydrogen) atoms. The van der Waals surface area contributed by atoms with E-state index in [2.05, 4.69) is 22.8 Å². The molecule has 0 aromatic carbocycles. The van der Waals surface area contributed by atoms with Gasteiger partial charge in [0.25, 0.3) is 0 Å². The molecule has 2 bridgehead atoms. The minimum Gasteiger partial charge on any atom is -0.464 e. The maximum atomic E-state index is 11.8. The first-order valence-electron chi connectivity index (χ1n) is 8.34. The van der Waals surface area contributed by atoms with E-state index in [-0.39, 0.29) is 35.9 Å². The maximum Gasteiger partial charge on any atom is 0.322 e. The quantitative estimate of drug-likeness (QED) is 0.506. The molecule has 6 heteroatoms. The molecule has 6 nitrogen and oxygen atoms in total. The number of carbonyl (C=O) groups is 2. The minimum atomic E-state index is -0.308. The summed E-state index contributed by atoms with van der Waals surface area (Å²) < 4.78 is 10.9. The molecule has 0 radical (unpaired) electrons. The number of ether oxygens (including phenoxy) is 2. The van der Waals surface area contributed by atoms with E-state index in [4.69, 9.17) is 9.47 Å². The fourth-order valence-electron chi connectivity index (χ4n) is 3.36. The number of esters is 2. The van der Waals surface area contributed by atoms with Gasteiger partial charge >= 0.3 is 11.9 Å². The first kappa shape index (κ1) is 17.9. The Morgan fingerprint density at radius 2 is 1.35 bits per heavy atom. The lowest BCUT2D eigenvalue weighted by atomic mass is 9.84. The molecule has 0 spiro atoms. The largest absolute Gasteiger partial charge is 0.464 e. The maximum absolute atomic E-state index is 11.8. The average molecular weight is 324 g/mol. The smallest absolute Gasteiger partial charge is 0.322 e. The highest BCUT2D eigenvalue weighted by atomic mass is 16.5. The van der Waals surface area contributed by atoms with Crippen LogP contribution in [-0.2, 0) is 19.1 Å². The number of rotatable bonds is 8. The standard InChI is InChI=1S/C17H28N2O4/c1-10(18-3)16(20)22-8-14-12-5-6-13(7-12)15(14)9-23-17(21)11(2)19-4/h5-6,10-15,18-19H,7-9H2,1-4H3/t10-,11-,12-,13+,14+,15-/m0/s1. The van der Waals surface area contributed by atoms with Crippen molar-refractivity contribution in [1.29, 1.82) is 0 Å². The monoisotopic (exact) mass is 324 g/mol.